The molecule has 0 aliphatic heterocycles. The van der Waals surface area contributed by atoms with E-state index < -0.39 is 50.0 Å². The number of aromatic nitrogens is 2. The topological polar surface area (TPSA) is 131 Å². The van der Waals surface area contributed by atoms with Gasteiger partial charge in [-0.05, 0) is 70.5 Å². The molecule has 0 saturated carbocycles. The number of sulfonamides is 1. The summed E-state index contributed by atoms with van der Waals surface area (Å²) >= 11 is 6.01. The zero-order valence-corrected chi connectivity index (χ0v) is 24.2. The fraction of sp³-hybridized carbons (Fsp3) is 0.308. The predicted octanol–water partition coefficient (Wildman–Crippen LogP) is 6.27. The van der Waals surface area contributed by atoms with E-state index >= 15 is 0 Å². The quantitative estimate of drug-likeness (QED) is 0.321. The number of rotatable bonds is 7. The van der Waals surface area contributed by atoms with E-state index in [0.29, 0.717) is 6.07 Å². The summed E-state index contributed by atoms with van der Waals surface area (Å²) in [5.74, 6) is -0.638. The minimum atomic E-state index is -4.78. The van der Waals surface area contributed by atoms with E-state index in [-0.39, 0.29) is 34.5 Å². The number of nitrogens with zero attached hydrogens (tertiary/aromatic N) is 3. The van der Waals surface area contributed by atoms with Crippen LogP contribution in [-0.4, -0.2) is 42.5 Å². The molecule has 0 radical (unpaired) electrons. The average Bonchev–Trinajstić information content (AvgIpc) is 2.82. The number of carbonyl (C=O) groups excluding carboxylic acids is 2. The van der Waals surface area contributed by atoms with Crippen LogP contribution in [0.5, 0.6) is 0 Å². The van der Waals surface area contributed by atoms with Crippen LogP contribution in [-0.2, 0) is 20.9 Å². The van der Waals surface area contributed by atoms with Crippen LogP contribution in [0.4, 0.5) is 35.3 Å². The van der Waals surface area contributed by atoms with E-state index in [2.05, 4.69) is 20.0 Å². The molecular formula is C26H27ClF3N5O5S. The first-order chi connectivity index (χ1) is 18.9. The predicted molar refractivity (Wildman–Crippen MR) is 148 cm³/mol. The minimum Gasteiger partial charge on any atom is -0.444 e. The standard InChI is InChI=1S/C26H27ClF3N5O5S/c1-6-35(21-9-7-8-20(32-21)33-24(37)40-25(3,4)5)23(36)22-19(12-16(27)14-31-22)34-41(38,39)17-11-10-15(2)18(13-17)26(28,29)30/h7-14,34H,6H2,1-5H3,(H,32,33,37). The Morgan fingerprint density at radius 1 is 1.10 bits per heavy atom. The maximum atomic E-state index is 13.6. The van der Waals surface area contributed by atoms with Crippen molar-refractivity contribution < 1.29 is 35.9 Å². The molecule has 0 fully saturated rings. The lowest BCUT2D eigenvalue weighted by atomic mass is 10.1. The van der Waals surface area contributed by atoms with Crippen LogP contribution in [0.25, 0.3) is 0 Å². The third-order valence-corrected chi connectivity index (χ3v) is 6.90. The molecule has 2 aromatic heterocycles. The second-order valence-corrected chi connectivity index (χ2v) is 11.8. The summed E-state index contributed by atoms with van der Waals surface area (Å²) in [4.78, 5) is 34.4. The second-order valence-electron chi connectivity index (χ2n) is 9.69. The Morgan fingerprint density at radius 3 is 2.39 bits per heavy atom. The molecule has 0 unspecified atom stereocenters. The molecule has 0 bridgehead atoms. The van der Waals surface area contributed by atoms with Crippen molar-refractivity contribution in [2.75, 3.05) is 21.5 Å². The van der Waals surface area contributed by atoms with Crippen LogP contribution in [0.15, 0.2) is 53.6 Å². The van der Waals surface area contributed by atoms with Gasteiger partial charge >= 0.3 is 12.3 Å². The lowest BCUT2D eigenvalue weighted by molar-refractivity contribution is -0.138. The van der Waals surface area contributed by atoms with Gasteiger partial charge in [-0.25, -0.2) is 23.2 Å². The molecule has 1 aromatic carbocycles. The Hall–Kier alpha value is -3.91. The molecule has 0 aliphatic carbocycles. The Labute approximate surface area is 239 Å². The monoisotopic (exact) mass is 613 g/mol. The van der Waals surface area contributed by atoms with Crippen molar-refractivity contribution in [3.05, 3.63) is 70.5 Å². The molecule has 0 aliphatic rings. The first-order valence-electron chi connectivity index (χ1n) is 12.1. The van der Waals surface area contributed by atoms with Gasteiger partial charge in [-0.2, -0.15) is 13.2 Å². The summed E-state index contributed by atoms with van der Waals surface area (Å²) in [5, 5.41) is 2.43. The number of aryl methyl sites for hydroxylation is 1. The third kappa shape index (κ3) is 8.07. The first-order valence-corrected chi connectivity index (χ1v) is 13.9. The van der Waals surface area contributed by atoms with Gasteiger partial charge in [-0.1, -0.05) is 23.7 Å². The van der Waals surface area contributed by atoms with Crippen LogP contribution in [0.2, 0.25) is 5.02 Å². The third-order valence-electron chi connectivity index (χ3n) is 5.33. The Morgan fingerprint density at radius 2 is 1.78 bits per heavy atom. The van der Waals surface area contributed by atoms with Crippen LogP contribution >= 0.6 is 11.6 Å². The van der Waals surface area contributed by atoms with E-state index in [1.807, 2.05) is 0 Å². The number of nitrogens with one attached hydrogen (secondary N) is 2. The highest BCUT2D eigenvalue weighted by Gasteiger charge is 2.34. The summed E-state index contributed by atoms with van der Waals surface area (Å²) < 4.78 is 73.7. The highest BCUT2D eigenvalue weighted by molar-refractivity contribution is 7.92. The van der Waals surface area contributed by atoms with Gasteiger partial charge in [0, 0.05) is 12.7 Å². The van der Waals surface area contributed by atoms with Crippen molar-refractivity contribution in [2.45, 2.75) is 51.3 Å². The summed E-state index contributed by atoms with van der Waals surface area (Å²) in [6, 6.07) is 8.14. The lowest BCUT2D eigenvalue weighted by Crippen LogP contribution is -2.33. The number of pyridine rings is 2. The Bertz CT molecular complexity index is 1580. The van der Waals surface area contributed by atoms with Gasteiger partial charge in [0.25, 0.3) is 15.9 Å². The molecule has 10 nitrogen and oxygen atoms in total. The summed E-state index contributed by atoms with van der Waals surface area (Å²) in [7, 11) is -4.61. The SMILES string of the molecule is CCN(C(=O)c1ncc(Cl)cc1NS(=O)(=O)c1ccc(C)c(C(F)(F)F)c1)c1cccc(NC(=O)OC(C)(C)C)n1. The number of benzene rings is 1. The molecule has 3 aromatic rings. The lowest BCUT2D eigenvalue weighted by Gasteiger charge is -2.22. The van der Waals surface area contributed by atoms with Crippen LogP contribution in [0.3, 0.4) is 0 Å². The number of anilines is 3. The number of alkyl halides is 3. The molecule has 0 spiro atoms. The summed E-state index contributed by atoms with van der Waals surface area (Å²) in [6.45, 7) is 7.94. The van der Waals surface area contributed by atoms with Crippen LogP contribution < -0.4 is 14.9 Å². The molecular weight excluding hydrogens is 587 g/mol. The van der Waals surface area contributed by atoms with Gasteiger partial charge in [0.15, 0.2) is 5.69 Å². The Balaban J connectivity index is 1.96. The first kappa shape index (κ1) is 31.6. The summed E-state index contributed by atoms with van der Waals surface area (Å²) in [6.07, 6.45) is -4.44. The second kappa shape index (κ2) is 11.9. The smallest absolute Gasteiger partial charge is 0.416 e. The van der Waals surface area contributed by atoms with Crippen molar-refractivity contribution in [3.8, 4) is 0 Å². The summed E-state index contributed by atoms with van der Waals surface area (Å²) in [5.41, 5.74) is -2.80. The molecule has 2 N–H and O–H groups in total. The highest BCUT2D eigenvalue weighted by Crippen LogP contribution is 2.34. The maximum absolute atomic E-state index is 13.6. The van der Waals surface area contributed by atoms with Crippen LogP contribution in [0, 0.1) is 6.92 Å². The molecule has 220 valence electrons. The van der Waals surface area contributed by atoms with Crippen molar-refractivity contribution >= 4 is 50.9 Å². The number of ether oxygens (including phenoxy) is 1. The molecule has 2 heterocycles. The number of amides is 2. The number of hydrogen-bond donors (Lipinski definition) is 2. The number of carbonyl (C=O) groups is 2. The largest absolute Gasteiger partial charge is 0.444 e. The van der Waals surface area contributed by atoms with Gasteiger partial charge in [-0.15, -0.1) is 0 Å². The fourth-order valence-electron chi connectivity index (χ4n) is 3.55. The van der Waals surface area contributed by atoms with Gasteiger partial charge in [0.05, 0.1) is 21.2 Å². The van der Waals surface area contributed by atoms with Crippen LogP contribution in [0.1, 0.15) is 49.3 Å². The molecule has 41 heavy (non-hydrogen) atoms. The minimum absolute atomic E-state index is 0.0381. The zero-order valence-electron chi connectivity index (χ0n) is 22.6. The molecule has 0 atom stereocenters. The Kier molecular flexibility index (Phi) is 9.18. The molecule has 15 heteroatoms. The molecule has 3 rings (SSSR count). The van der Waals surface area contributed by atoms with Gasteiger partial charge in [-0.3, -0.25) is 19.7 Å². The van der Waals surface area contributed by atoms with Crippen molar-refractivity contribution in [2.24, 2.45) is 0 Å². The van der Waals surface area contributed by atoms with E-state index in [1.165, 1.54) is 25.1 Å². The fourth-order valence-corrected chi connectivity index (χ4v) is 4.79. The normalized spacial score (nSPS) is 12.0. The van der Waals surface area contributed by atoms with Crippen molar-refractivity contribution in [1.29, 1.82) is 0 Å². The van der Waals surface area contributed by atoms with E-state index in [0.717, 1.165) is 29.3 Å². The zero-order chi connectivity index (χ0) is 30.8. The van der Waals surface area contributed by atoms with Gasteiger partial charge < -0.3 is 4.74 Å². The van der Waals surface area contributed by atoms with E-state index in [1.54, 1.807) is 27.7 Å². The molecule has 0 saturated heterocycles. The highest BCUT2D eigenvalue weighted by atomic mass is 35.5. The average molecular weight is 614 g/mol. The maximum Gasteiger partial charge on any atom is 0.416 e. The van der Waals surface area contributed by atoms with Gasteiger partial charge in [0.2, 0.25) is 0 Å². The van der Waals surface area contributed by atoms with Crippen molar-refractivity contribution in [3.63, 3.8) is 0 Å². The van der Waals surface area contributed by atoms with E-state index in [9.17, 15) is 31.2 Å². The van der Waals surface area contributed by atoms with E-state index in [4.69, 9.17) is 16.3 Å². The number of halogens is 4. The molecule has 2 amide bonds. The van der Waals surface area contributed by atoms with Crippen molar-refractivity contribution in [1.82, 2.24) is 9.97 Å². The van der Waals surface area contributed by atoms with Gasteiger partial charge in [0.1, 0.15) is 17.2 Å². The number of hydrogen-bond acceptors (Lipinski definition) is 7.